The second-order valence-electron chi connectivity index (χ2n) is 6.88. The van der Waals surface area contributed by atoms with Gasteiger partial charge in [0, 0.05) is 24.2 Å². The summed E-state index contributed by atoms with van der Waals surface area (Å²) in [6.07, 6.45) is 1.37. The Morgan fingerprint density at radius 1 is 1.24 bits per heavy atom. The Kier molecular flexibility index (Phi) is 6.24. The fourth-order valence-electron chi connectivity index (χ4n) is 2.62. The van der Waals surface area contributed by atoms with Gasteiger partial charge in [-0.1, -0.05) is 19.9 Å². The van der Waals surface area contributed by atoms with Gasteiger partial charge in [-0.15, -0.1) is 0 Å². The summed E-state index contributed by atoms with van der Waals surface area (Å²) in [5.41, 5.74) is 0.743. The number of rotatable bonds is 6. The van der Waals surface area contributed by atoms with Crippen molar-refractivity contribution in [2.45, 2.75) is 51.0 Å². The van der Waals surface area contributed by atoms with E-state index in [4.69, 9.17) is 4.74 Å². The maximum absolute atomic E-state index is 13.0. The van der Waals surface area contributed by atoms with Crippen molar-refractivity contribution in [3.05, 3.63) is 29.3 Å². The summed E-state index contributed by atoms with van der Waals surface area (Å²) < 4.78 is 32.7. The number of benzene rings is 1. The predicted octanol–water partition coefficient (Wildman–Crippen LogP) is 2.19. The van der Waals surface area contributed by atoms with Crippen LogP contribution in [-0.2, 0) is 21.2 Å². The summed E-state index contributed by atoms with van der Waals surface area (Å²) in [6.45, 7) is 9.25. The standard InChI is InChI=1S/C18H28N2O4S/c1-5-14-7-8-15(17(21)19-18(3,4)6-2)13-16(14)25(22,23)20-9-11-24-12-10-20/h7-8,13H,5-6,9-12H2,1-4H3,(H,19,21). The molecule has 140 valence electrons. The molecule has 0 aliphatic carbocycles. The van der Waals surface area contributed by atoms with Gasteiger partial charge in [-0.2, -0.15) is 4.31 Å². The van der Waals surface area contributed by atoms with E-state index >= 15 is 0 Å². The highest BCUT2D eigenvalue weighted by Gasteiger charge is 2.29. The molecule has 1 aliphatic rings. The summed E-state index contributed by atoms with van der Waals surface area (Å²) in [6, 6.07) is 4.93. The molecular weight excluding hydrogens is 340 g/mol. The van der Waals surface area contributed by atoms with Gasteiger partial charge in [-0.05, 0) is 44.4 Å². The molecule has 1 heterocycles. The monoisotopic (exact) mass is 368 g/mol. The lowest BCUT2D eigenvalue weighted by Crippen LogP contribution is -2.43. The highest BCUT2D eigenvalue weighted by molar-refractivity contribution is 7.89. The second kappa shape index (κ2) is 7.85. The summed E-state index contributed by atoms with van der Waals surface area (Å²) in [5, 5.41) is 2.95. The molecule has 1 aromatic carbocycles. The molecule has 7 heteroatoms. The lowest BCUT2D eigenvalue weighted by atomic mass is 10.0. The van der Waals surface area contributed by atoms with Gasteiger partial charge in [0.15, 0.2) is 0 Å². The Bertz CT molecular complexity index is 723. The Labute approximate surface area is 150 Å². The fourth-order valence-corrected chi connectivity index (χ4v) is 4.35. The van der Waals surface area contributed by atoms with Crippen molar-refractivity contribution in [3.63, 3.8) is 0 Å². The van der Waals surface area contributed by atoms with Gasteiger partial charge in [0.05, 0.1) is 18.1 Å². The topological polar surface area (TPSA) is 75.7 Å². The molecule has 1 fully saturated rings. The predicted molar refractivity (Wildman–Crippen MR) is 97.2 cm³/mol. The highest BCUT2D eigenvalue weighted by atomic mass is 32.2. The van der Waals surface area contributed by atoms with Crippen molar-refractivity contribution >= 4 is 15.9 Å². The third-order valence-electron chi connectivity index (χ3n) is 4.63. The zero-order valence-electron chi connectivity index (χ0n) is 15.5. The number of nitrogens with zero attached hydrogens (tertiary/aromatic N) is 1. The normalized spacial score (nSPS) is 16.6. The van der Waals surface area contributed by atoms with E-state index in [0.29, 0.717) is 38.3 Å². The van der Waals surface area contributed by atoms with Crippen LogP contribution in [0.2, 0.25) is 0 Å². The highest BCUT2D eigenvalue weighted by Crippen LogP contribution is 2.24. The largest absolute Gasteiger partial charge is 0.379 e. The summed E-state index contributed by atoms with van der Waals surface area (Å²) in [7, 11) is -3.64. The summed E-state index contributed by atoms with van der Waals surface area (Å²) in [4.78, 5) is 12.8. The van der Waals surface area contributed by atoms with Gasteiger partial charge in [0.1, 0.15) is 0 Å². The van der Waals surface area contributed by atoms with Crippen LogP contribution in [0.25, 0.3) is 0 Å². The Hall–Kier alpha value is -1.44. The zero-order chi connectivity index (χ0) is 18.7. The van der Waals surface area contributed by atoms with Crippen LogP contribution in [0.5, 0.6) is 0 Å². The van der Waals surface area contributed by atoms with Crippen LogP contribution in [0.3, 0.4) is 0 Å². The first-order valence-corrected chi connectivity index (χ1v) is 10.2. The molecule has 0 unspecified atom stereocenters. The Balaban J connectivity index is 2.38. The van der Waals surface area contributed by atoms with E-state index in [2.05, 4.69) is 5.32 Å². The molecule has 0 spiro atoms. The summed E-state index contributed by atoms with van der Waals surface area (Å²) >= 11 is 0. The van der Waals surface area contributed by atoms with Crippen LogP contribution >= 0.6 is 0 Å². The first-order chi connectivity index (χ1) is 11.7. The molecule has 6 nitrogen and oxygen atoms in total. The van der Waals surface area contributed by atoms with Gasteiger partial charge in [0.2, 0.25) is 10.0 Å². The minimum Gasteiger partial charge on any atom is -0.379 e. The quantitative estimate of drug-likeness (QED) is 0.835. The number of amides is 1. The minimum atomic E-state index is -3.64. The molecule has 0 atom stereocenters. The minimum absolute atomic E-state index is 0.221. The van der Waals surface area contributed by atoms with Crippen LogP contribution in [0.15, 0.2) is 23.1 Å². The molecule has 1 aliphatic heterocycles. The number of aryl methyl sites for hydroxylation is 1. The third kappa shape index (κ3) is 4.59. The van der Waals surface area contributed by atoms with Crippen molar-refractivity contribution in [1.82, 2.24) is 9.62 Å². The molecule has 1 N–H and O–H groups in total. The number of hydrogen-bond acceptors (Lipinski definition) is 4. The molecule has 0 saturated carbocycles. The van der Waals surface area contributed by atoms with Crippen LogP contribution < -0.4 is 5.32 Å². The van der Waals surface area contributed by atoms with Crippen molar-refractivity contribution in [2.24, 2.45) is 0 Å². The average Bonchev–Trinajstić information content (AvgIpc) is 2.61. The van der Waals surface area contributed by atoms with E-state index in [1.807, 2.05) is 27.7 Å². The average molecular weight is 368 g/mol. The van der Waals surface area contributed by atoms with Gasteiger partial charge < -0.3 is 10.1 Å². The van der Waals surface area contributed by atoms with E-state index in [1.54, 1.807) is 12.1 Å². The molecule has 1 amide bonds. The first-order valence-electron chi connectivity index (χ1n) is 8.74. The molecule has 2 rings (SSSR count). The van der Waals surface area contributed by atoms with Crippen LogP contribution in [0.1, 0.15) is 50.0 Å². The lowest BCUT2D eigenvalue weighted by molar-refractivity contribution is 0.0730. The molecule has 0 aromatic heterocycles. The van der Waals surface area contributed by atoms with Gasteiger partial charge in [-0.25, -0.2) is 8.42 Å². The maximum atomic E-state index is 13.0. The zero-order valence-corrected chi connectivity index (χ0v) is 16.3. The Morgan fingerprint density at radius 2 is 1.88 bits per heavy atom. The van der Waals surface area contributed by atoms with Gasteiger partial charge in [-0.3, -0.25) is 4.79 Å². The van der Waals surface area contributed by atoms with E-state index in [9.17, 15) is 13.2 Å². The van der Waals surface area contributed by atoms with E-state index in [0.717, 1.165) is 12.0 Å². The smallest absolute Gasteiger partial charge is 0.251 e. The van der Waals surface area contributed by atoms with E-state index in [-0.39, 0.29) is 16.3 Å². The lowest BCUT2D eigenvalue weighted by Gasteiger charge is -2.27. The molecule has 1 saturated heterocycles. The third-order valence-corrected chi connectivity index (χ3v) is 6.61. The SMILES string of the molecule is CCc1ccc(C(=O)NC(C)(C)CC)cc1S(=O)(=O)N1CCOCC1. The number of carbonyl (C=O) groups is 1. The number of nitrogens with one attached hydrogen (secondary N) is 1. The number of carbonyl (C=O) groups excluding carboxylic acids is 1. The molecule has 0 radical (unpaired) electrons. The van der Waals surface area contributed by atoms with Crippen molar-refractivity contribution < 1.29 is 17.9 Å². The molecule has 1 aromatic rings. The maximum Gasteiger partial charge on any atom is 0.251 e. The van der Waals surface area contributed by atoms with Crippen LogP contribution in [0.4, 0.5) is 0 Å². The van der Waals surface area contributed by atoms with Gasteiger partial charge in [0.25, 0.3) is 5.91 Å². The number of morpholine rings is 1. The van der Waals surface area contributed by atoms with Crippen molar-refractivity contribution in [1.29, 1.82) is 0 Å². The van der Waals surface area contributed by atoms with Crippen molar-refractivity contribution in [3.8, 4) is 0 Å². The molecule has 25 heavy (non-hydrogen) atoms. The van der Waals surface area contributed by atoms with Crippen LogP contribution in [0, 0.1) is 0 Å². The number of hydrogen-bond donors (Lipinski definition) is 1. The summed E-state index contributed by atoms with van der Waals surface area (Å²) in [5.74, 6) is -0.257. The first kappa shape index (κ1) is 19.9. The van der Waals surface area contributed by atoms with E-state index < -0.39 is 10.0 Å². The van der Waals surface area contributed by atoms with Gasteiger partial charge >= 0.3 is 0 Å². The van der Waals surface area contributed by atoms with Crippen molar-refractivity contribution in [2.75, 3.05) is 26.3 Å². The molecule has 0 bridgehead atoms. The Morgan fingerprint density at radius 3 is 2.44 bits per heavy atom. The van der Waals surface area contributed by atoms with Crippen LogP contribution in [-0.4, -0.2) is 50.5 Å². The number of sulfonamides is 1. The van der Waals surface area contributed by atoms with E-state index in [1.165, 1.54) is 10.4 Å². The fraction of sp³-hybridized carbons (Fsp3) is 0.611. The molecular formula is C18H28N2O4S. The number of ether oxygens (including phenoxy) is 1. The second-order valence-corrected chi connectivity index (χ2v) is 8.79.